The Labute approximate surface area is 310 Å². The molecule has 0 aliphatic rings. The monoisotopic (exact) mass is 812 g/mol. The van der Waals surface area contributed by atoms with Crippen molar-refractivity contribution in [1.82, 2.24) is 21.3 Å². The third-order valence-corrected chi connectivity index (χ3v) is 8.79. The predicted molar refractivity (Wildman–Crippen MR) is 204 cm³/mol. The van der Waals surface area contributed by atoms with E-state index in [1.165, 1.54) is 22.6 Å². The minimum atomic E-state index is -0.965. The SMILES string of the molecule is C=C(NCCCC[C@H](NC(=O)I)C(=O)N=O)[C@H](Cc1ccc2ccccc2c1)NC(=O)c1ccc(CCNCC(=O)[C@@H](CN)CCC(=O)O)cc1. The number of carbonyl (C=O) groups is 5. The van der Waals surface area contributed by atoms with Crippen LogP contribution in [-0.2, 0) is 27.2 Å². The molecule has 0 spiro atoms. The number of halogens is 1. The predicted octanol–water partition coefficient (Wildman–Crippen LogP) is 4.40. The number of hydrogen-bond acceptors (Lipinski definition) is 9. The zero-order valence-corrected chi connectivity index (χ0v) is 30.5. The number of nitroso groups, excluding NO2 is 1. The number of Topliss-reactive ketones (excluding diaryl/α,β-unsaturated/α-hetero) is 1. The van der Waals surface area contributed by atoms with Gasteiger partial charge in [-0.1, -0.05) is 61.2 Å². The molecule has 0 aliphatic heterocycles. The van der Waals surface area contributed by atoms with Gasteiger partial charge < -0.3 is 32.1 Å². The number of unbranched alkanes of at least 4 members (excludes halogenated alkanes) is 1. The van der Waals surface area contributed by atoms with Gasteiger partial charge in [0.25, 0.3) is 9.82 Å². The van der Waals surface area contributed by atoms with Gasteiger partial charge in [-0.2, -0.15) is 0 Å². The second-order valence-corrected chi connectivity index (χ2v) is 13.2. The van der Waals surface area contributed by atoms with Crippen LogP contribution in [0.3, 0.4) is 0 Å². The first kappa shape index (κ1) is 40.9. The number of nitrogens with two attached hydrogens (primary N) is 1. The van der Waals surface area contributed by atoms with Gasteiger partial charge in [0.05, 0.1) is 12.6 Å². The Morgan fingerprint density at radius 3 is 2.24 bits per heavy atom. The molecule has 0 bridgehead atoms. The van der Waals surface area contributed by atoms with Gasteiger partial charge in [0.1, 0.15) is 6.04 Å². The Hall–Kier alpha value is -4.54. The van der Waals surface area contributed by atoms with E-state index in [-0.39, 0.29) is 44.0 Å². The Morgan fingerprint density at radius 2 is 1.57 bits per heavy atom. The molecule has 3 aromatic carbocycles. The minimum absolute atomic E-state index is 0.100. The number of amides is 3. The van der Waals surface area contributed by atoms with Crippen LogP contribution in [0.1, 0.15) is 53.6 Å². The molecule has 272 valence electrons. The number of hydrogen-bond donors (Lipinski definition) is 6. The average molecular weight is 813 g/mol. The van der Waals surface area contributed by atoms with E-state index in [0.717, 1.165) is 21.9 Å². The van der Waals surface area contributed by atoms with E-state index in [9.17, 15) is 28.9 Å². The van der Waals surface area contributed by atoms with Crippen LogP contribution < -0.4 is 27.0 Å². The lowest BCUT2D eigenvalue weighted by Crippen LogP contribution is -2.41. The van der Waals surface area contributed by atoms with E-state index in [2.05, 4.69) is 39.1 Å². The molecule has 14 heteroatoms. The number of aliphatic carboxylic acids is 1. The number of benzene rings is 3. The second kappa shape index (κ2) is 21.6. The van der Waals surface area contributed by atoms with Crippen LogP contribution in [0.15, 0.2) is 84.2 Å². The number of rotatable bonds is 23. The summed E-state index contributed by atoms with van der Waals surface area (Å²) in [5.41, 5.74) is 8.71. The van der Waals surface area contributed by atoms with Crippen molar-refractivity contribution in [2.75, 3.05) is 26.2 Å². The first-order chi connectivity index (χ1) is 24.5. The molecule has 0 aromatic heterocycles. The Kier molecular flexibility index (Phi) is 17.3. The Bertz CT molecular complexity index is 1680. The van der Waals surface area contributed by atoms with E-state index in [4.69, 9.17) is 10.8 Å². The molecule has 0 aliphatic carbocycles. The molecule has 3 rings (SSSR count). The number of ketones is 1. The summed E-state index contributed by atoms with van der Waals surface area (Å²) in [5.74, 6) is -2.75. The van der Waals surface area contributed by atoms with Gasteiger partial charge >= 0.3 is 11.9 Å². The van der Waals surface area contributed by atoms with Gasteiger partial charge in [0.15, 0.2) is 5.78 Å². The van der Waals surface area contributed by atoms with Crippen LogP contribution in [0.25, 0.3) is 10.8 Å². The zero-order valence-electron chi connectivity index (χ0n) is 28.4. The molecule has 3 aromatic rings. The van der Waals surface area contributed by atoms with E-state index < -0.39 is 33.8 Å². The third-order valence-electron chi connectivity index (χ3n) is 8.48. The van der Waals surface area contributed by atoms with Gasteiger partial charge in [0, 0.05) is 64.5 Å². The third kappa shape index (κ3) is 14.3. The summed E-state index contributed by atoms with van der Waals surface area (Å²) in [5, 5.41) is 25.4. The summed E-state index contributed by atoms with van der Waals surface area (Å²) in [6, 6.07) is 20.0. The number of nitrogens with zero attached hydrogens (tertiary/aromatic N) is 1. The molecule has 51 heavy (non-hydrogen) atoms. The highest BCUT2D eigenvalue weighted by atomic mass is 127. The maximum Gasteiger partial charge on any atom is 0.308 e. The van der Waals surface area contributed by atoms with Gasteiger partial charge in [-0.3, -0.25) is 24.0 Å². The van der Waals surface area contributed by atoms with E-state index in [0.29, 0.717) is 50.0 Å². The second-order valence-electron chi connectivity index (χ2n) is 12.2. The van der Waals surface area contributed by atoms with E-state index in [1.807, 2.05) is 48.5 Å². The van der Waals surface area contributed by atoms with Crippen molar-refractivity contribution in [1.29, 1.82) is 0 Å². The Balaban J connectivity index is 1.58. The number of nitrogens with one attached hydrogen (secondary N) is 4. The van der Waals surface area contributed by atoms with Crippen LogP contribution in [0, 0.1) is 10.8 Å². The van der Waals surface area contributed by atoms with Crippen LogP contribution in [0.5, 0.6) is 0 Å². The summed E-state index contributed by atoms with van der Waals surface area (Å²) < 4.78 is -0.447. The number of carbonyl (C=O) groups excluding carboxylic acids is 4. The zero-order chi connectivity index (χ0) is 37.2. The van der Waals surface area contributed by atoms with Gasteiger partial charge in [-0.05, 0) is 79.1 Å². The van der Waals surface area contributed by atoms with Crippen molar-refractivity contribution in [2.45, 2.75) is 57.0 Å². The lowest BCUT2D eigenvalue weighted by molar-refractivity contribution is -0.137. The van der Waals surface area contributed by atoms with Crippen molar-refractivity contribution in [3.8, 4) is 0 Å². The molecular formula is C37H45IN6O7. The lowest BCUT2D eigenvalue weighted by Gasteiger charge is -2.23. The minimum Gasteiger partial charge on any atom is -0.481 e. The summed E-state index contributed by atoms with van der Waals surface area (Å²) in [6.45, 7) is 5.43. The van der Waals surface area contributed by atoms with E-state index >= 15 is 0 Å². The van der Waals surface area contributed by atoms with E-state index in [1.54, 1.807) is 12.1 Å². The molecule has 0 saturated heterocycles. The molecule has 3 amide bonds. The van der Waals surface area contributed by atoms with Crippen LogP contribution in [0.4, 0.5) is 4.79 Å². The average Bonchev–Trinajstić information content (AvgIpc) is 3.12. The standard InChI is InChI=1S/C37H45IN6O7/c1-24(41-18-5-4-8-31(36(49)44-51)43-37(38)50)32(21-26-11-12-27-6-2-3-7-29(27)20-26)42-35(48)28-13-9-25(10-14-28)17-19-40-23-33(45)30(22-39)15-16-34(46)47/h2-3,6-7,9-14,20,30-32,40-41H,1,4-5,8,15-19,21-23,39H2,(H,42,48)(H,43,50)(H,46,47)/t30-,31+,32+/m1/s1. The Morgan fingerprint density at radius 1 is 0.863 bits per heavy atom. The molecule has 3 atom stereocenters. The highest BCUT2D eigenvalue weighted by Gasteiger charge is 2.21. The van der Waals surface area contributed by atoms with Crippen molar-refractivity contribution < 1.29 is 29.1 Å². The quantitative estimate of drug-likeness (QED) is 0.0262. The highest BCUT2D eigenvalue weighted by molar-refractivity contribution is 14.1. The van der Waals surface area contributed by atoms with Gasteiger partial charge in [-0.25, -0.2) is 0 Å². The topological polar surface area (TPSA) is 209 Å². The first-order valence-corrected chi connectivity index (χ1v) is 17.9. The molecule has 0 saturated carbocycles. The van der Waals surface area contributed by atoms with Crippen molar-refractivity contribution in [2.24, 2.45) is 16.8 Å². The smallest absolute Gasteiger partial charge is 0.308 e. The van der Waals surface area contributed by atoms with Crippen LogP contribution >= 0.6 is 22.6 Å². The fraction of sp³-hybridized carbons (Fsp3) is 0.378. The number of fused-ring (bicyclic) bond motifs is 1. The molecule has 0 fully saturated rings. The maximum absolute atomic E-state index is 13.4. The van der Waals surface area contributed by atoms with Crippen molar-refractivity contribution >= 4 is 60.8 Å². The van der Waals surface area contributed by atoms with Crippen LogP contribution in [-0.4, -0.2) is 70.9 Å². The normalized spacial score (nSPS) is 12.7. The molecule has 7 N–H and O–H groups in total. The molecule has 0 unspecified atom stereocenters. The fourth-order valence-corrected chi connectivity index (χ4v) is 5.90. The summed E-state index contributed by atoms with van der Waals surface area (Å²) >= 11 is 1.50. The maximum atomic E-state index is 13.4. The first-order valence-electron chi connectivity index (χ1n) is 16.8. The molecular weight excluding hydrogens is 767 g/mol. The number of carboxylic acids is 1. The summed E-state index contributed by atoms with van der Waals surface area (Å²) in [4.78, 5) is 70.5. The number of carboxylic acid groups (broad SMARTS) is 1. The lowest BCUT2D eigenvalue weighted by atomic mass is 9.98. The fourth-order valence-electron chi connectivity index (χ4n) is 5.53. The van der Waals surface area contributed by atoms with Gasteiger partial charge in [-0.15, -0.1) is 4.91 Å². The van der Waals surface area contributed by atoms with Crippen molar-refractivity contribution in [3.05, 3.63) is 101 Å². The molecule has 0 heterocycles. The van der Waals surface area contributed by atoms with Crippen LogP contribution in [0.2, 0.25) is 0 Å². The molecule has 13 nitrogen and oxygen atoms in total. The largest absolute Gasteiger partial charge is 0.481 e. The summed E-state index contributed by atoms with van der Waals surface area (Å²) in [6.07, 6.45) is 2.62. The highest BCUT2D eigenvalue weighted by Crippen LogP contribution is 2.18. The summed E-state index contributed by atoms with van der Waals surface area (Å²) in [7, 11) is 0. The molecule has 0 radical (unpaired) electrons. The van der Waals surface area contributed by atoms with Crippen molar-refractivity contribution in [3.63, 3.8) is 0 Å². The van der Waals surface area contributed by atoms with Gasteiger partial charge in [0.2, 0.25) is 0 Å².